The Hall–Kier alpha value is -3.40. The van der Waals surface area contributed by atoms with Gasteiger partial charge in [0.05, 0.1) is 13.0 Å². The summed E-state index contributed by atoms with van der Waals surface area (Å²) in [6.07, 6.45) is 4.98. The number of rotatable bonds is 9. The average Bonchev–Trinajstić information content (AvgIpc) is 3.52. The molecule has 0 N–H and O–H groups in total. The third-order valence-corrected chi connectivity index (χ3v) is 4.66. The van der Waals surface area contributed by atoms with Crippen LogP contribution in [0.25, 0.3) is 22.8 Å². The third-order valence-electron chi connectivity index (χ3n) is 3.98. The molecule has 4 heterocycles. The molecule has 4 aromatic rings. The maximum absolute atomic E-state index is 11.9. The molecule has 0 aliphatic carbocycles. The standard InChI is InChI=1S/C19H17N5O4S/c25-17(6-5-16-22-19(24-28-16)14-7-10-29-12-14)26-9-2-4-15-21-18(23-27-15)13-3-1-8-20-11-13/h1,3,7-8,10-12H,2,4-6,9H2. The second-order valence-corrected chi connectivity index (χ2v) is 6.88. The summed E-state index contributed by atoms with van der Waals surface area (Å²) in [6, 6.07) is 5.58. The number of thiophene rings is 1. The van der Waals surface area contributed by atoms with Crippen molar-refractivity contribution in [1.82, 2.24) is 25.3 Å². The fourth-order valence-electron chi connectivity index (χ4n) is 2.52. The Morgan fingerprint density at radius 2 is 1.83 bits per heavy atom. The molecule has 29 heavy (non-hydrogen) atoms. The molecular weight excluding hydrogens is 394 g/mol. The zero-order valence-corrected chi connectivity index (χ0v) is 16.2. The van der Waals surface area contributed by atoms with Gasteiger partial charge in [-0.2, -0.15) is 21.3 Å². The van der Waals surface area contributed by atoms with Crippen LogP contribution < -0.4 is 0 Å². The van der Waals surface area contributed by atoms with E-state index < -0.39 is 0 Å². The molecule has 9 nitrogen and oxygen atoms in total. The predicted octanol–water partition coefficient (Wildman–Crippen LogP) is 3.35. The van der Waals surface area contributed by atoms with Gasteiger partial charge >= 0.3 is 5.97 Å². The smallest absolute Gasteiger partial charge is 0.306 e. The maximum Gasteiger partial charge on any atom is 0.306 e. The Morgan fingerprint density at radius 1 is 1.03 bits per heavy atom. The first kappa shape index (κ1) is 18.9. The van der Waals surface area contributed by atoms with Crippen molar-refractivity contribution in [2.24, 2.45) is 0 Å². The highest BCUT2D eigenvalue weighted by molar-refractivity contribution is 7.08. The first-order valence-electron chi connectivity index (χ1n) is 9.02. The molecule has 10 heteroatoms. The Morgan fingerprint density at radius 3 is 2.55 bits per heavy atom. The summed E-state index contributed by atoms with van der Waals surface area (Å²) in [7, 11) is 0. The van der Waals surface area contributed by atoms with Gasteiger partial charge in [0.1, 0.15) is 0 Å². The van der Waals surface area contributed by atoms with Gasteiger partial charge in [-0.3, -0.25) is 9.78 Å². The molecule has 0 saturated carbocycles. The van der Waals surface area contributed by atoms with Crippen LogP contribution in [0.3, 0.4) is 0 Å². The topological polar surface area (TPSA) is 117 Å². The van der Waals surface area contributed by atoms with Crippen molar-refractivity contribution in [3.05, 3.63) is 53.1 Å². The van der Waals surface area contributed by atoms with E-state index in [1.54, 1.807) is 23.7 Å². The van der Waals surface area contributed by atoms with Crippen LogP contribution in [0.1, 0.15) is 24.6 Å². The van der Waals surface area contributed by atoms with Crippen molar-refractivity contribution < 1.29 is 18.6 Å². The van der Waals surface area contributed by atoms with E-state index in [1.165, 1.54) is 0 Å². The normalized spacial score (nSPS) is 10.9. The van der Waals surface area contributed by atoms with Gasteiger partial charge < -0.3 is 13.8 Å². The zero-order valence-electron chi connectivity index (χ0n) is 15.4. The first-order valence-corrected chi connectivity index (χ1v) is 9.96. The molecule has 4 rings (SSSR count). The van der Waals surface area contributed by atoms with Crippen LogP contribution in [0.4, 0.5) is 0 Å². The van der Waals surface area contributed by atoms with Crippen LogP contribution in [-0.2, 0) is 22.4 Å². The van der Waals surface area contributed by atoms with Gasteiger partial charge in [0.25, 0.3) is 0 Å². The maximum atomic E-state index is 11.9. The van der Waals surface area contributed by atoms with Crippen molar-refractivity contribution in [1.29, 1.82) is 0 Å². The number of ether oxygens (including phenoxy) is 1. The number of aromatic nitrogens is 5. The van der Waals surface area contributed by atoms with Gasteiger partial charge in [-0.05, 0) is 30.0 Å². The van der Waals surface area contributed by atoms with Crippen molar-refractivity contribution in [3.8, 4) is 22.8 Å². The fourth-order valence-corrected chi connectivity index (χ4v) is 3.16. The summed E-state index contributed by atoms with van der Waals surface area (Å²) in [5, 5.41) is 11.7. The van der Waals surface area contributed by atoms with E-state index in [0.717, 1.165) is 11.1 Å². The minimum atomic E-state index is -0.318. The van der Waals surface area contributed by atoms with E-state index in [0.29, 0.717) is 42.7 Å². The molecule has 0 aliphatic rings. The van der Waals surface area contributed by atoms with Crippen LogP contribution in [0.2, 0.25) is 0 Å². The van der Waals surface area contributed by atoms with Crippen LogP contribution >= 0.6 is 11.3 Å². The highest BCUT2D eigenvalue weighted by Crippen LogP contribution is 2.19. The summed E-state index contributed by atoms with van der Waals surface area (Å²) >= 11 is 1.56. The minimum Gasteiger partial charge on any atom is -0.466 e. The van der Waals surface area contributed by atoms with Crippen molar-refractivity contribution in [3.63, 3.8) is 0 Å². The van der Waals surface area contributed by atoms with Gasteiger partial charge in [0, 0.05) is 41.7 Å². The minimum absolute atomic E-state index is 0.178. The van der Waals surface area contributed by atoms with E-state index in [1.807, 2.05) is 29.0 Å². The summed E-state index contributed by atoms with van der Waals surface area (Å²) in [6.45, 7) is 0.271. The number of carbonyl (C=O) groups is 1. The lowest BCUT2D eigenvalue weighted by molar-refractivity contribution is -0.143. The molecule has 0 bridgehead atoms. The second kappa shape index (κ2) is 9.20. The number of hydrogen-bond donors (Lipinski definition) is 0. The average molecular weight is 411 g/mol. The van der Waals surface area contributed by atoms with Crippen LogP contribution in [0, 0.1) is 0 Å². The van der Waals surface area contributed by atoms with E-state index >= 15 is 0 Å². The van der Waals surface area contributed by atoms with Gasteiger partial charge in [-0.1, -0.05) is 10.3 Å². The third kappa shape index (κ3) is 5.11. The highest BCUT2D eigenvalue weighted by Gasteiger charge is 2.12. The molecule has 0 fully saturated rings. The molecule has 0 saturated heterocycles. The SMILES string of the molecule is O=C(CCc1nc(-c2ccsc2)no1)OCCCc1nc(-c2cccnc2)no1. The van der Waals surface area contributed by atoms with Crippen molar-refractivity contribution in [2.45, 2.75) is 25.7 Å². The van der Waals surface area contributed by atoms with Crippen LogP contribution in [-0.4, -0.2) is 37.8 Å². The summed E-state index contributed by atoms with van der Waals surface area (Å²) < 4.78 is 15.6. The van der Waals surface area contributed by atoms with Crippen LogP contribution in [0.5, 0.6) is 0 Å². The quantitative estimate of drug-likeness (QED) is 0.302. The van der Waals surface area contributed by atoms with Gasteiger partial charge in [-0.15, -0.1) is 0 Å². The lowest BCUT2D eigenvalue weighted by Gasteiger charge is -2.02. The number of esters is 1. The Kier molecular flexibility index (Phi) is 6.01. The predicted molar refractivity (Wildman–Crippen MR) is 103 cm³/mol. The molecule has 0 radical (unpaired) electrons. The summed E-state index contributed by atoms with van der Waals surface area (Å²) in [5.41, 5.74) is 1.69. The Balaban J connectivity index is 1.16. The number of carbonyl (C=O) groups excluding carboxylic acids is 1. The van der Waals surface area contributed by atoms with E-state index in [9.17, 15) is 4.79 Å². The largest absolute Gasteiger partial charge is 0.466 e. The number of nitrogens with zero attached hydrogens (tertiary/aromatic N) is 5. The molecule has 4 aromatic heterocycles. The molecule has 0 atom stereocenters. The highest BCUT2D eigenvalue weighted by atomic mass is 32.1. The van der Waals surface area contributed by atoms with E-state index in [4.69, 9.17) is 13.8 Å². The number of hydrogen-bond acceptors (Lipinski definition) is 10. The summed E-state index contributed by atoms with van der Waals surface area (Å²) in [5.74, 6) is 1.61. The fraction of sp³-hybridized carbons (Fsp3) is 0.263. The Bertz CT molecular complexity index is 1050. The Labute approximate surface area is 169 Å². The second-order valence-electron chi connectivity index (χ2n) is 6.10. The molecule has 0 unspecified atom stereocenters. The van der Waals surface area contributed by atoms with E-state index in [-0.39, 0.29) is 19.0 Å². The lowest BCUT2D eigenvalue weighted by atomic mass is 10.3. The molecule has 0 aliphatic heterocycles. The molecule has 148 valence electrons. The lowest BCUT2D eigenvalue weighted by Crippen LogP contribution is -2.08. The summed E-state index contributed by atoms with van der Waals surface area (Å²) in [4.78, 5) is 24.5. The monoisotopic (exact) mass is 411 g/mol. The van der Waals surface area contributed by atoms with Crippen LogP contribution in [0.15, 0.2) is 50.4 Å². The van der Waals surface area contributed by atoms with E-state index in [2.05, 4.69) is 25.3 Å². The zero-order chi connectivity index (χ0) is 19.9. The molecular formula is C19H17N5O4S. The van der Waals surface area contributed by atoms with Crippen molar-refractivity contribution in [2.75, 3.05) is 6.61 Å². The molecule has 0 aromatic carbocycles. The van der Waals surface area contributed by atoms with Crippen molar-refractivity contribution >= 4 is 17.3 Å². The van der Waals surface area contributed by atoms with Gasteiger partial charge in [0.2, 0.25) is 23.4 Å². The first-order chi connectivity index (χ1) is 14.3. The number of pyridine rings is 1. The number of aryl methyl sites for hydroxylation is 2. The van der Waals surface area contributed by atoms with Gasteiger partial charge in [-0.25, -0.2) is 0 Å². The molecule has 0 spiro atoms. The van der Waals surface area contributed by atoms with Gasteiger partial charge in [0.15, 0.2) is 0 Å². The molecule has 0 amide bonds.